The molecule has 1 aliphatic rings. The van der Waals surface area contributed by atoms with Crippen LogP contribution in [-0.4, -0.2) is 65.6 Å². The Hall–Kier alpha value is -3.20. The van der Waals surface area contributed by atoms with Crippen molar-refractivity contribution in [2.45, 2.75) is 6.04 Å². The van der Waals surface area contributed by atoms with E-state index in [0.717, 1.165) is 5.56 Å². The molecule has 0 atom stereocenters. The number of rotatable bonds is 6. The Kier molecular flexibility index (Phi) is 5.51. The summed E-state index contributed by atoms with van der Waals surface area (Å²) in [4.78, 5) is 38.8. The number of nitrogens with two attached hydrogens (primary N) is 1. The number of amides is 1. The molecule has 2 aromatic rings. The van der Waals surface area contributed by atoms with Crippen molar-refractivity contribution in [3.8, 4) is 17.1 Å². The van der Waals surface area contributed by atoms with Gasteiger partial charge in [0, 0.05) is 50.6 Å². The molecule has 0 saturated carbocycles. The van der Waals surface area contributed by atoms with Crippen LogP contribution >= 0.6 is 0 Å². The fraction of sp³-hybridized carbons (Fsp3) is 0.333. The van der Waals surface area contributed by atoms with Gasteiger partial charge in [0.25, 0.3) is 5.56 Å². The molecule has 1 amide bonds. The molecule has 9 heteroatoms. The molecule has 2 aromatic heterocycles. The predicted molar refractivity (Wildman–Crippen MR) is 102 cm³/mol. The largest absolute Gasteiger partial charge is 0.481 e. The minimum absolute atomic E-state index is 0.0662. The van der Waals surface area contributed by atoms with E-state index in [-0.39, 0.29) is 17.5 Å². The number of nitrogens with zero attached hydrogens (tertiary/aromatic N) is 4. The molecular weight excluding hydrogens is 348 g/mol. The van der Waals surface area contributed by atoms with E-state index in [1.165, 1.54) is 19.5 Å². The van der Waals surface area contributed by atoms with Crippen LogP contribution in [0.2, 0.25) is 0 Å². The van der Waals surface area contributed by atoms with Crippen LogP contribution in [0.25, 0.3) is 11.3 Å². The van der Waals surface area contributed by atoms with Gasteiger partial charge in [-0.2, -0.15) is 0 Å². The van der Waals surface area contributed by atoms with E-state index in [1.807, 2.05) is 11.9 Å². The van der Waals surface area contributed by atoms with Crippen LogP contribution in [0.1, 0.15) is 0 Å². The van der Waals surface area contributed by atoms with Crippen LogP contribution in [0.5, 0.6) is 5.88 Å². The number of H-pyrrole nitrogens is 1. The van der Waals surface area contributed by atoms with Gasteiger partial charge in [-0.3, -0.25) is 9.59 Å². The molecule has 3 heterocycles. The van der Waals surface area contributed by atoms with Crippen molar-refractivity contribution >= 4 is 11.6 Å². The van der Waals surface area contributed by atoms with Gasteiger partial charge in [0.2, 0.25) is 11.8 Å². The van der Waals surface area contributed by atoms with Gasteiger partial charge in [0.1, 0.15) is 12.0 Å². The summed E-state index contributed by atoms with van der Waals surface area (Å²) in [6, 6.07) is 3.54. The van der Waals surface area contributed by atoms with Crippen molar-refractivity contribution in [3.63, 3.8) is 0 Å². The molecular formula is C18H22N6O3. The summed E-state index contributed by atoms with van der Waals surface area (Å²) in [6.45, 7) is 1.43. The summed E-state index contributed by atoms with van der Waals surface area (Å²) in [5, 5.41) is 0. The zero-order valence-corrected chi connectivity index (χ0v) is 15.3. The molecule has 1 fully saturated rings. The van der Waals surface area contributed by atoms with Crippen molar-refractivity contribution in [2.75, 3.05) is 38.7 Å². The SMILES string of the molecule is COc1cc(-c2c[nH]c(=O)c(N(C)C3CN(C(=O)/C=C/CN)C3)c2)ncn1. The lowest BCUT2D eigenvalue weighted by molar-refractivity contribution is -0.130. The molecule has 1 saturated heterocycles. The van der Waals surface area contributed by atoms with Crippen molar-refractivity contribution in [1.82, 2.24) is 19.9 Å². The first-order valence-corrected chi connectivity index (χ1v) is 8.51. The smallest absolute Gasteiger partial charge is 0.271 e. The van der Waals surface area contributed by atoms with Crippen LogP contribution in [0.15, 0.2) is 41.6 Å². The van der Waals surface area contributed by atoms with Crippen molar-refractivity contribution in [2.24, 2.45) is 5.73 Å². The molecule has 3 rings (SSSR count). The number of methoxy groups -OCH3 is 1. The number of aromatic amines is 1. The third-order valence-corrected chi connectivity index (χ3v) is 4.53. The molecule has 1 aliphatic heterocycles. The number of pyridine rings is 1. The van der Waals surface area contributed by atoms with Crippen LogP contribution < -0.4 is 20.9 Å². The van der Waals surface area contributed by atoms with Crippen molar-refractivity contribution in [1.29, 1.82) is 0 Å². The zero-order chi connectivity index (χ0) is 19.4. The average Bonchev–Trinajstić information content (AvgIpc) is 2.65. The second-order valence-electron chi connectivity index (χ2n) is 6.19. The van der Waals surface area contributed by atoms with Crippen molar-refractivity contribution in [3.05, 3.63) is 47.2 Å². The first-order chi connectivity index (χ1) is 13.0. The van der Waals surface area contributed by atoms with Gasteiger partial charge >= 0.3 is 0 Å². The molecule has 0 unspecified atom stereocenters. The number of carbonyl (C=O) groups excluding carboxylic acids is 1. The third kappa shape index (κ3) is 3.98. The number of hydrogen-bond acceptors (Lipinski definition) is 7. The predicted octanol–water partition coefficient (Wildman–Crippen LogP) is 0.00240. The highest BCUT2D eigenvalue weighted by Gasteiger charge is 2.33. The summed E-state index contributed by atoms with van der Waals surface area (Å²) in [5.74, 6) is 0.376. The maximum absolute atomic E-state index is 12.3. The van der Waals surface area contributed by atoms with Crippen LogP contribution in [0, 0.1) is 0 Å². The Morgan fingerprint density at radius 2 is 2.22 bits per heavy atom. The molecule has 0 aromatic carbocycles. The highest BCUT2D eigenvalue weighted by molar-refractivity contribution is 5.88. The topological polar surface area (TPSA) is 117 Å². The minimum atomic E-state index is -0.199. The van der Waals surface area contributed by atoms with Gasteiger partial charge in [-0.05, 0) is 6.07 Å². The molecule has 142 valence electrons. The molecule has 3 N–H and O–H groups in total. The highest BCUT2D eigenvalue weighted by atomic mass is 16.5. The summed E-state index contributed by atoms with van der Waals surface area (Å²) in [7, 11) is 3.38. The molecule has 0 bridgehead atoms. The summed E-state index contributed by atoms with van der Waals surface area (Å²) in [5.41, 5.74) is 7.07. The monoisotopic (exact) mass is 370 g/mol. The quantitative estimate of drug-likeness (QED) is 0.687. The lowest BCUT2D eigenvalue weighted by Crippen LogP contribution is -2.60. The number of anilines is 1. The van der Waals surface area contributed by atoms with Crippen molar-refractivity contribution < 1.29 is 9.53 Å². The molecule has 0 aliphatic carbocycles. The van der Waals surface area contributed by atoms with E-state index in [0.29, 0.717) is 36.9 Å². The number of carbonyl (C=O) groups is 1. The van der Waals surface area contributed by atoms with E-state index in [1.54, 1.807) is 29.3 Å². The van der Waals surface area contributed by atoms with Gasteiger partial charge in [0.15, 0.2) is 0 Å². The number of ether oxygens (including phenoxy) is 1. The first kappa shape index (κ1) is 18.6. The fourth-order valence-electron chi connectivity index (χ4n) is 2.84. The number of likely N-dealkylation sites (tertiary alicyclic amines) is 1. The van der Waals surface area contributed by atoms with E-state index < -0.39 is 0 Å². The summed E-state index contributed by atoms with van der Waals surface area (Å²) >= 11 is 0. The summed E-state index contributed by atoms with van der Waals surface area (Å²) < 4.78 is 5.12. The molecule has 27 heavy (non-hydrogen) atoms. The Morgan fingerprint density at radius 1 is 1.44 bits per heavy atom. The fourth-order valence-corrected chi connectivity index (χ4v) is 2.84. The standard InChI is InChI=1S/C18H22N6O3/c1-23(13-9-24(10-13)17(25)4-3-5-19)15-6-12(8-20-18(15)26)14-7-16(27-2)22-11-21-14/h3-4,6-8,11,13H,5,9-10,19H2,1-2H3,(H,20,26)/b4-3+. The summed E-state index contributed by atoms with van der Waals surface area (Å²) in [6.07, 6.45) is 6.12. The second-order valence-corrected chi connectivity index (χ2v) is 6.19. The number of nitrogens with one attached hydrogen (secondary N) is 1. The maximum atomic E-state index is 12.3. The van der Waals surface area contributed by atoms with E-state index >= 15 is 0 Å². The van der Waals surface area contributed by atoms with Crippen LogP contribution in [0.4, 0.5) is 5.69 Å². The molecule has 9 nitrogen and oxygen atoms in total. The normalized spacial score (nSPS) is 14.3. The van der Waals surface area contributed by atoms with Gasteiger partial charge in [-0.1, -0.05) is 6.08 Å². The lowest BCUT2D eigenvalue weighted by atomic mass is 10.1. The Morgan fingerprint density at radius 3 is 2.93 bits per heavy atom. The van der Waals surface area contributed by atoms with E-state index in [9.17, 15) is 9.59 Å². The highest BCUT2D eigenvalue weighted by Crippen LogP contribution is 2.24. The van der Waals surface area contributed by atoms with Crippen LogP contribution in [-0.2, 0) is 4.79 Å². The third-order valence-electron chi connectivity index (χ3n) is 4.53. The van der Waals surface area contributed by atoms with E-state index in [4.69, 9.17) is 10.5 Å². The minimum Gasteiger partial charge on any atom is -0.481 e. The van der Waals surface area contributed by atoms with Gasteiger partial charge in [0.05, 0.1) is 18.8 Å². The molecule has 0 radical (unpaired) electrons. The van der Waals surface area contributed by atoms with Gasteiger partial charge < -0.3 is 25.3 Å². The van der Waals surface area contributed by atoms with Crippen LogP contribution in [0.3, 0.4) is 0 Å². The zero-order valence-electron chi connectivity index (χ0n) is 15.3. The number of likely N-dealkylation sites (N-methyl/N-ethyl adjacent to an activating group) is 1. The van der Waals surface area contributed by atoms with Gasteiger partial charge in [-0.15, -0.1) is 0 Å². The van der Waals surface area contributed by atoms with Gasteiger partial charge in [-0.25, -0.2) is 9.97 Å². The molecule has 0 spiro atoms. The maximum Gasteiger partial charge on any atom is 0.271 e. The first-order valence-electron chi connectivity index (χ1n) is 8.51. The lowest BCUT2D eigenvalue weighted by Gasteiger charge is -2.44. The number of hydrogen-bond donors (Lipinski definition) is 2. The Bertz CT molecular complexity index is 904. The Labute approximate surface area is 156 Å². The second kappa shape index (κ2) is 8.00. The number of aromatic nitrogens is 3. The Balaban J connectivity index is 1.76. The van der Waals surface area contributed by atoms with E-state index in [2.05, 4.69) is 15.0 Å². The average molecular weight is 370 g/mol.